The average Bonchev–Trinajstić information content (AvgIpc) is 3.01. The van der Waals surface area contributed by atoms with Crippen LogP contribution in [-0.4, -0.2) is 29.9 Å². The molecule has 1 aromatic heterocycles. The fourth-order valence-corrected chi connectivity index (χ4v) is 2.69. The normalized spacial score (nSPS) is 11.3. The lowest BCUT2D eigenvalue weighted by atomic mass is 10.1. The van der Waals surface area contributed by atoms with Crippen LogP contribution in [0.15, 0.2) is 29.6 Å². The maximum atomic E-state index is 13.0. The van der Waals surface area contributed by atoms with E-state index in [9.17, 15) is 26.7 Å². The summed E-state index contributed by atoms with van der Waals surface area (Å²) in [6.45, 7) is -1.77. The average molecular weight is 452 g/mol. The molecule has 0 saturated carbocycles. The van der Waals surface area contributed by atoms with Gasteiger partial charge in [0.15, 0.2) is 0 Å². The lowest BCUT2D eigenvalue weighted by Gasteiger charge is -2.14. The van der Waals surface area contributed by atoms with Gasteiger partial charge in [-0.25, -0.2) is 13.8 Å². The molecule has 2 aromatic rings. The summed E-state index contributed by atoms with van der Waals surface area (Å²) < 4.78 is 64.1. The zero-order chi connectivity index (χ0) is 18.7. The van der Waals surface area contributed by atoms with Gasteiger partial charge in [0, 0.05) is 10.9 Å². The SMILES string of the molecule is Cl.Cl.NCC(F)(F)CNC(=O)Cc1csc(-c2cccc(C(F)(F)F)c2)n1. The molecule has 0 aliphatic carbocycles. The lowest BCUT2D eigenvalue weighted by Crippen LogP contribution is -2.42. The van der Waals surface area contributed by atoms with Crippen LogP contribution in [0.25, 0.3) is 10.6 Å². The number of carbonyl (C=O) groups excluding carboxylic acids is 1. The number of aromatic nitrogens is 1. The predicted octanol–water partition coefficient (Wildman–Crippen LogP) is 3.93. The highest BCUT2D eigenvalue weighted by Crippen LogP contribution is 2.33. The van der Waals surface area contributed by atoms with E-state index < -0.39 is 36.7 Å². The van der Waals surface area contributed by atoms with Crippen LogP contribution in [0.1, 0.15) is 11.3 Å². The smallest absolute Gasteiger partial charge is 0.350 e. The van der Waals surface area contributed by atoms with Gasteiger partial charge in [-0.15, -0.1) is 36.2 Å². The van der Waals surface area contributed by atoms with Crippen LogP contribution in [-0.2, 0) is 17.4 Å². The molecule has 0 aliphatic heterocycles. The van der Waals surface area contributed by atoms with Crippen LogP contribution in [0.2, 0.25) is 0 Å². The Balaban J connectivity index is 0.00000338. The van der Waals surface area contributed by atoms with E-state index in [1.54, 1.807) is 0 Å². The highest BCUT2D eigenvalue weighted by molar-refractivity contribution is 7.13. The summed E-state index contributed by atoms with van der Waals surface area (Å²) in [5.74, 6) is -3.87. The molecule has 4 nitrogen and oxygen atoms in total. The summed E-state index contributed by atoms with van der Waals surface area (Å²) in [5.41, 5.74) is 4.61. The van der Waals surface area contributed by atoms with E-state index in [0.29, 0.717) is 5.01 Å². The van der Waals surface area contributed by atoms with Crippen LogP contribution in [0, 0.1) is 0 Å². The second kappa shape index (κ2) is 10.2. The molecule has 0 saturated heterocycles. The molecule has 3 N–H and O–H groups in total. The molecule has 27 heavy (non-hydrogen) atoms. The van der Waals surface area contributed by atoms with E-state index >= 15 is 0 Å². The van der Waals surface area contributed by atoms with Crippen LogP contribution in [0.5, 0.6) is 0 Å². The van der Waals surface area contributed by atoms with E-state index in [0.717, 1.165) is 23.5 Å². The van der Waals surface area contributed by atoms with Crippen molar-refractivity contribution in [2.24, 2.45) is 5.73 Å². The maximum Gasteiger partial charge on any atom is 0.416 e. The fraction of sp³-hybridized carbons (Fsp3) is 0.333. The Labute approximate surface area is 168 Å². The molecule has 0 fully saturated rings. The first-order valence-electron chi connectivity index (χ1n) is 7.07. The standard InChI is InChI=1S/C15H14F5N3OS.2ClH/c16-14(17,7-21)8-22-12(24)5-11-6-25-13(23-11)9-2-1-3-10(4-9)15(18,19)20;;/h1-4,6H,5,7-8,21H2,(H,22,24);2*1H. The third kappa shape index (κ3) is 7.57. The topological polar surface area (TPSA) is 68.0 Å². The van der Waals surface area contributed by atoms with E-state index in [1.165, 1.54) is 17.5 Å². The van der Waals surface area contributed by atoms with Crippen molar-refractivity contribution in [1.29, 1.82) is 0 Å². The Bertz CT molecular complexity index is 755. The number of hydrogen-bond donors (Lipinski definition) is 2. The number of thiazole rings is 1. The highest BCUT2D eigenvalue weighted by atomic mass is 35.5. The third-order valence-corrected chi connectivity index (χ3v) is 4.11. The fourth-order valence-electron chi connectivity index (χ4n) is 1.88. The molecular formula is C15H16Cl2F5N3OS. The van der Waals surface area contributed by atoms with Crippen LogP contribution >= 0.6 is 36.2 Å². The van der Waals surface area contributed by atoms with Gasteiger partial charge in [0.2, 0.25) is 5.91 Å². The van der Waals surface area contributed by atoms with Gasteiger partial charge in [0.25, 0.3) is 5.92 Å². The molecule has 0 spiro atoms. The Morgan fingerprint density at radius 3 is 2.44 bits per heavy atom. The summed E-state index contributed by atoms with van der Waals surface area (Å²) in [6.07, 6.45) is -4.72. The quantitative estimate of drug-likeness (QED) is 0.653. The van der Waals surface area contributed by atoms with Crippen molar-refractivity contribution in [2.45, 2.75) is 18.5 Å². The van der Waals surface area contributed by atoms with E-state index in [-0.39, 0.29) is 42.5 Å². The molecule has 0 atom stereocenters. The Kier molecular flexibility index (Phi) is 9.60. The van der Waals surface area contributed by atoms with Crippen molar-refractivity contribution >= 4 is 42.1 Å². The van der Waals surface area contributed by atoms with Gasteiger partial charge in [-0.1, -0.05) is 12.1 Å². The predicted molar refractivity (Wildman–Crippen MR) is 97.8 cm³/mol. The molecule has 1 aromatic carbocycles. The van der Waals surface area contributed by atoms with Gasteiger partial charge in [-0.3, -0.25) is 4.79 Å². The molecule has 0 bridgehead atoms. The largest absolute Gasteiger partial charge is 0.416 e. The summed E-state index contributed by atoms with van der Waals surface area (Å²) in [6, 6.07) is 4.65. The van der Waals surface area contributed by atoms with E-state index in [1.807, 2.05) is 5.32 Å². The van der Waals surface area contributed by atoms with Gasteiger partial charge in [-0.05, 0) is 12.1 Å². The Hall–Kier alpha value is -1.49. The van der Waals surface area contributed by atoms with E-state index in [2.05, 4.69) is 4.98 Å². The summed E-state index contributed by atoms with van der Waals surface area (Å²) in [7, 11) is 0. The van der Waals surface area contributed by atoms with Gasteiger partial charge >= 0.3 is 6.18 Å². The maximum absolute atomic E-state index is 13.0. The molecule has 0 unspecified atom stereocenters. The van der Waals surface area contributed by atoms with Gasteiger partial charge in [0.1, 0.15) is 5.01 Å². The number of hydrogen-bond acceptors (Lipinski definition) is 4. The van der Waals surface area contributed by atoms with Crippen molar-refractivity contribution in [3.63, 3.8) is 0 Å². The van der Waals surface area contributed by atoms with Gasteiger partial charge in [0.05, 0.1) is 30.8 Å². The first-order chi connectivity index (χ1) is 11.6. The number of nitrogens with two attached hydrogens (primary N) is 1. The van der Waals surface area contributed by atoms with E-state index in [4.69, 9.17) is 5.73 Å². The second-order valence-corrected chi connectivity index (χ2v) is 6.09. The first-order valence-corrected chi connectivity index (χ1v) is 7.95. The van der Waals surface area contributed by atoms with Gasteiger partial charge < -0.3 is 11.1 Å². The van der Waals surface area contributed by atoms with Crippen LogP contribution < -0.4 is 11.1 Å². The molecular weight excluding hydrogens is 436 g/mol. The summed E-state index contributed by atoms with van der Waals surface area (Å²) >= 11 is 1.07. The molecule has 152 valence electrons. The number of rotatable bonds is 6. The number of carbonyl (C=O) groups is 1. The number of nitrogens with one attached hydrogen (secondary N) is 1. The molecule has 1 amide bonds. The molecule has 0 aliphatic rings. The monoisotopic (exact) mass is 451 g/mol. The molecule has 0 radical (unpaired) electrons. The second-order valence-electron chi connectivity index (χ2n) is 5.24. The summed E-state index contributed by atoms with van der Waals surface area (Å²) in [5, 5.41) is 3.85. The number of nitrogens with zero attached hydrogens (tertiary/aromatic N) is 1. The Morgan fingerprint density at radius 1 is 1.19 bits per heavy atom. The summed E-state index contributed by atoms with van der Waals surface area (Å²) in [4.78, 5) is 15.7. The number of amides is 1. The minimum Gasteiger partial charge on any atom is -0.350 e. The van der Waals surface area contributed by atoms with Crippen molar-refractivity contribution in [2.75, 3.05) is 13.1 Å². The number of benzene rings is 1. The van der Waals surface area contributed by atoms with Crippen molar-refractivity contribution < 1.29 is 26.7 Å². The van der Waals surface area contributed by atoms with Crippen LogP contribution in [0.4, 0.5) is 22.0 Å². The minimum absolute atomic E-state index is 0. The molecule has 2 rings (SSSR count). The Morgan fingerprint density at radius 2 is 1.85 bits per heavy atom. The lowest BCUT2D eigenvalue weighted by molar-refractivity contribution is -0.137. The van der Waals surface area contributed by atoms with Crippen molar-refractivity contribution in [3.05, 3.63) is 40.9 Å². The zero-order valence-corrected chi connectivity index (χ0v) is 16.0. The van der Waals surface area contributed by atoms with Crippen molar-refractivity contribution in [1.82, 2.24) is 10.3 Å². The van der Waals surface area contributed by atoms with Crippen LogP contribution in [0.3, 0.4) is 0 Å². The zero-order valence-electron chi connectivity index (χ0n) is 13.6. The highest BCUT2D eigenvalue weighted by Gasteiger charge is 2.30. The third-order valence-electron chi connectivity index (χ3n) is 3.17. The number of halogens is 7. The first kappa shape index (κ1) is 25.5. The molecule has 1 heterocycles. The number of alkyl halides is 5. The molecule has 12 heteroatoms. The van der Waals surface area contributed by atoms with Gasteiger partial charge in [-0.2, -0.15) is 13.2 Å². The van der Waals surface area contributed by atoms with Crippen molar-refractivity contribution in [3.8, 4) is 10.6 Å². The minimum atomic E-state index is -4.47.